The van der Waals surface area contributed by atoms with Crippen molar-refractivity contribution in [1.29, 1.82) is 0 Å². The standard InChI is InChI=1S/C22H22Cl2FN5O3/c1-29-8-12(30(2)19(31)9-29)10-33-18-7-16-13(6-17(18)32-3)22(27-11-26-16)28-15-5-4-14(23)20(24)21(15)25/h4-7,11-12H,8-10H2,1-3H3,(H,26,27,28)/t12-/m0/s1. The van der Waals surface area contributed by atoms with Gasteiger partial charge in [0.05, 0.1) is 40.9 Å². The Hall–Kier alpha value is -2.88. The van der Waals surface area contributed by atoms with Crippen LogP contribution >= 0.6 is 23.2 Å². The van der Waals surface area contributed by atoms with Crippen molar-refractivity contribution in [2.24, 2.45) is 0 Å². The number of amides is 1. The summed E-state index contributed by atoms with van der Waals surface area (Å²) < 4.78 is 26.1. The number of hydrogen-bond donors (Lipinski definition) is 1. The highest BCUT2D eigenvalue weighted by molar-refractivity contribution is 6.42. The lowest BCUT2D eigenvalue weighted by atomic mass is 10.2. The zero-order valence-electron chi connectivity index (χ0n) is 18.2. The van der Waals surface area contributed by atoms with E-state index in [2.05, 4.69) is 15.3 Å². The van der Waals surface area contributed by atoms with E-state index in [0.717, 1.165) is 0 Å². The first-order valence-corrected chi connectivity index (χ1v) is 10.8. The van der Waals surface area contributed by atoms with Gasteiger partial charge in [-0.05, 0) is 25.2 Å². The van der Waals surface area contributed by atoms with Gasteiger partial charge in [0.15, 0.2) is 17.3 Å². The molecule has 1 amide bonds. The van der Waals surface area contributed by atoms with Gasteiger partial charge in [-0.1, -0.05) is 23.2 Å². The smallest absolute Gasteiger partial charge is 0.236 e. The maximum absolute atomic E-state index is 14.5. The predicted molar refractivity (Wildman–Crippen MR) is 125 cm³/mol. The molecule has 0 radical (unpaired) electrons. The second-order valence-electron chi connectivity index (χ2n) is 7.76. The van der Waals surface area contributed by atoms with Gasteiger partial charge in [-0.25, -0.2) is 14.4 Å². The Labute approximate surface area is 200 Å². The van der Waals surface area contributed by atoms with E-state index in [-0.39, 0.29) is 27.7 Å². The quantitative estimate of drug-likeness (QED) is 0.520. The van der Waals surface area contributed by atoms with Crippen molar-refractivity contribution in [2.75, 3.05) is 46.2 Å². The normalized spacial score (nSPS) is 16.8. The molecule has 1 aliphatic rings. The van der Waals surface area contributed by atoms with Crippen LogP contribution in [0.3, 0.4) is 0 Å². The number of likely N-dealkylation sites (N-methyl/N-ethyl adjacent to an activating group) is 2. The van der Waals surface area contributed by atoms with Crippen LogP contribution in [0.15, 0.2) is 30.6 Å². The number of anilines is 2. The van der Waals surface area contributed by atoms with Crippen molar-refractivity contribution >= 4 is 51.5 Å². The number of carbonyl (C=O) groups excluding carboxylic acids is 1. The van der Waals surface area contributed by atoms with Crippen molar-refractivity contribution in [2.45, 2.75) is 6.04 Å². The first kappa shape index (κ1) is 23.3. The molecule has 0 spiro atoms. The maximum Gasteiger partial charge on any atom is 0.236 e. The minimum Gasteiger partial charge on any atom is -0.493 e. The lowest BCUT2D eigenvalue weighted by molar-refractivity contribution is -0.138. The topological polar surface area (TPSA) is 79.8 Å². The zero-order valence-corrected chi connectivity index (χ0v) is 19.7. The molecule has 33 heavy (non-hydrogen) atoms. The van der Waals surface area contributed by atoms with Crippen molar-refractivity contribution in [3.63, 3.8) is 0 Å². The third kappa shape index (κ3) is 4.75. The van der Waals surface area contributed by atoms with Crippen molar-refractivity contribution < 1.29 is 18.7 Å². The van der Waals surface area contributed by atoms with Crippen LogP contribution in [0, 0.1) is 5.82 Å². The molecule has 0 bridgehead atoms. The van der Waals surface area contributed by atoms with Crippen LogP contribution in [0.25, 0.3) is 10.9 Å². The fraction of sp³-hybridized carbons (Fsp3) is 0.318. The Kier molecular flexibility index (Phi) is 6.73. The number of aromatic nitrogens is 2. The predicted octanol–water partition coefficient (Wildman–Crippen LogP) is 3.98. The number of nitrogens with one attached hydrogen (secondary N) is 1. The highest BCUT2D eigenvalue weighted by Gasteiger charge is 2.28. The monoisotopic (exact) mass is 493 g/mol. The largest absolute Gasteiger partial charge is 0.493 e. The van der Waals surface area contributed by atoms with E-state index < -0.39 is 5.82 Å². The average Bonchev–Trinajstić information content (AvgIpc) is 2.80. The number of hydrogen-bond acceptors (Lipinski definition) is 7. The van der Waals surface area contributed by atoms with Gasteiger partial charge >= 0.3 is 0 Å². The third-order valence-electron chi connectivity index (χ3n) is 5.51. The van der Waals surface area contributed by atoms with Crippen molar-refractivity contribution in [1.82, 2.24) is 19.8 Å². The summed E-state index contributed by atoms with van der Waals surface area (Å²) in [7, 11) is 5.19. The summed E-state index contributed by atoms with van der Waals surface area (Å²) in [6, 6.07) is 6.31. The van der Waals surface area contributed by atoms with Crippen LogP contribution in [-0.2, 0) is 4.79 Å². The summed E-state index contributed by atoms with van der Waals surface area (Å²) in [6.45, 7) is 1.38. The highest BCUT2D eigenvalue weighted by Crippen LogP contribution is 2.36. The molecule has 174 valence electrons. The molecule has 11 heteroatoms. The maximum atomic E-state index is 14.5. The lowest BCUT2D eigenvalue weighted by Gasteiger charge is -2.37. The van der Waals surface area contributed by atoms with Gasteiger partial charge in [-0.2, -0.15) is 0 Å². The van der Waals surface area contributed by atoms with E-state index in [4.69, 9.17) is 32.7 Å². The Balaban J connectivity index is 1.62. The zero-order chi connectivity index (χ0) is 23.7. The Morgan fingerprint density at radius 1 is 1.21 bits per heavy atom. The number of piperazine rings is 1. The highest BCUT2D eigenvalue weighted by atomic mass is 35.5. The Bertz CT molecular complexity index is 1210. The van der Waals surface area contributed by atoms with Crippen LogP contribution < -0.4 is 14.8 Å². The van der Waals surface area contributed by atoms with Crippen LogP contribution in [0.2, 0.25) is 10.0 Å². The molecule has 3 aromatic rings. The summed E-state index contributed by atoms with van der Waals surface area (Å²) in [5, 5.41) is 3.47. The summed E-state index contributed by atoms with van der Waals surface area (Å²) in [5.74, 6) is 0.652. The van der Waals surface area contributed by atoms with E-state index in [0.29, 0.717) is 47.9 Å². The van der Waals surface area contributed by atoms with Gasteiger partial charge in [0.1, 0.15) is 18.8 Å². The molecular formula is C22H22Cl2FN5O3. The molecule has 0 saturated carbocycles. The fourth-order valence-corrected chi connectivity index (χ4v) is 3.94. The molecule has 1 fully saturated rings. The number of nitrogens with zero attached hydrogens (tertiary/aromatic N) is 4. The number of fused-ring (bicyclic) bond motifs is 1. The first-order chi connectivity index (χ1) is 15.8. The molecule has 1 atom stereocenters. The van der Waals surface area contributed by atoms with Gasteiger partial charge in [-0.15, -0.1) is 0 Å². The SMILES string of the molecule is COc1cc2c(Nc3ccc(Cl)c(Cl)c3F)ncnc2cc1OC[C@@H]1CN(C)CC(=O)N1C. The second-order valence-corrected chi connectivity index (χ2v) is 8.54. The molecule has 1 aromatic heterocycles. The third-order valence-corrected chi connectivity index (χ3v) is 6.29. The van der Waals surface area contributed by atoms with Crippen molar-refractivity contribution in [3.8, 4) is 11.5 Å². The second kappa shape index (κ2) is 9.54. The minimum absolute atomic E-state index is 0.0424. The van der Waals surface area contributed by atoms with E-state index in [9.17, 15) is 9.18 Å². The van der Waals surface area contributed by atoms with Crippen LogP contribution in [-0.4, -0.2) is 72.6 Å². The summed E-state index contributed by atoms with van der Waals surface area (Å²) in [4.78, 5) is 24.3. The van der Waals surface area contributed by atoms with E-state index >= 15 is 0 Å². The molecule has 2 aromatic carbocycles. The molecule has 4 rings (SSSR count). The molecule has 1 aliphatic heterocycles. The molecule has 0 unspecified atom stereocenters. The van der Waals surface area contributed by atoms with Gasteiger partial charge < -0.3 is 19.7 Å². The molecule has 0 aliphatic carbocycles. The molecule has 1 N–H and O–H groups in total. The number of benzene rings is 2. The van der Waals surface area contributed by atoms with Gasteiger partial charge in [-0.3, -0.25) is 9.69 Å². The number of carbonyl (C=O) groups is 1. The van der Waals surface area contributed by atoms with E-state index in [1.54, 1.807) is 24.1 Å². The molecular weight excluding hydrogens is 472 g/mol. The van der Waals surface area contributed by atoms with Crippen LogP contribution in [0.5, 0.6) is 11.5 Å². The lowest BCUT2D eigenvalue weighted by Crippen LogP contribution is -2.55. The first-order valence-electron chi connectivity index (χ1n) is 10.1. The summed E-state index contributed by atoms with van der Waals surface area (Å²) in [5.41, 5.74) is 0.687. The van der Waals surface area contributed by atoms with Gasteiger partial charge in [0, 0.05) is 25.0 Å². The summed E-state index contributed by atoms with van der Waals surface area (Å²) >= 11 is 11.8. The molecule has 2 heterocycles. The summed E-state index contributed by atoms with van der Waals surface area (Å²) in [6.07, 6.45) is 1.36. The van der Waals surface area contributed by atoms with Gasteiger partial charge in [0.25, 0.3) is 0 Å². The molecule has 8 nitrogen and oxygen atoms in total. The average molecular weight is 494 g/mol. The number of rotatable bonds is 6. The van der Waals surface area contributed by atoms with Crippen LogP contribution in [0.4, 0.5) is 15.9 Å². The molecule has 1 saturated heterocycles. The Morgan fingerprint density at radius 3 is 2.76 bits per heavy atom. The number of halogens is 3. The van der Waals surface area contributed by atoms with E-state index in [1.165, 1.54) is 25.6 Å². The van der Waals surface area contributed by atoms with Crippen LogP contribution in [0.1, 0.15) is 0 Å². The fourth-order valence-electron chi connectivity index (χ4n) is 3.63. The number of ether oxygens (including phenoxy) is 2. The number of methoxy groups -OCH3 is 1. The van der Waals surface area contributed by atoms with Gasteiger partial charge in [0.2, 0.25) is 5.91 Å². The van der Waals surface area contributed by atoms with E-state index in [1.807, 2.05) is 11.9 Å². The van der Waals surface area contributed by atoms with Crippen molar-refractivity contribution in [3.05, 3.63) is 46.5 Å². The Morgan fingerprint density at radius 2 is 2.00 bits per heavy atom. The minimum atomic E-state index is -0.682.